The Labute approximate surface area is 118 Å². The molecule has 0 atom stereocenters. The fourth-order valence-electron chi connectivity index (χ4n) is 1.81. The number of methoxy groups -OCH3 is 1. The molecule has 0 radical (unpaired) electrons. The van der Waals surface area contributed by atoms with Crippen LogP contribution in [0.2, 0.25) is 5.15 Å². The van der Waals surface area contributed by atoms with Crippen LogP contribution in [0, 0.1) is 0 Å². The SMILES string of the molecule is CCc1nc(Cl)cc(N(C)c2ccccc2OC)n1. The Morgan fingerprint density at radius 3 is 2.68 bits per heavy atom. The molecular weight excluding hydrogens is 262 g/mol. The Balaban J connectivity index is 2.43. The van der Waals surface area contributed by atoms with Crippen molar-refractivity contribution in [3.63, 3.8) is 0 Å². The summed E-state index contributed by atoms with van der Waals surface area (Å²) in [5, 5.41) is 0.448. The second-order valence-electron chi connectivity index (χ2n) is 4.05. The Bertz CT molecular complexity index is 574. The van der Waals surface area contributed by atoms with Gasteiger partial charge in [-0.25, -0.2) is 9.97 Å². The summed E-state index contributed by atoms with van der Waals surface area (Å²) in [5.74, 6) is 2.27. The van der Waals surface area contributed by atoms with Crippen molar-refractivity contribution in [2.24, 2.45) is 0 Å². The molecule has 0 N–H and O–H groups in total. The number of para-hydroxylation sites is 2. The van der Waals surface area contributed by atoms with Crippen molar-refractivity contribution in [3.8, 4) is 5.75 Å². The average Bonchev–Trinajstić information content (AvgIpc) is 2.45. The molecule has 0 fully saturated rings. The Morgan fingerprint density at radius 1 is 1.26 bits per heavy atom. The lowest BCUT2D eigenvalue weighted by atomic mass is 10.2. The van der Waals surface area contributed by atoms with E-state index in [0.717, 1.165) is 29.5 Å². The van der Waals surface area contributed by atoms with Crippen LogP contribution in [0.1, 0.15) is 12.7 Å². The molecule has 1 heterocycles. The van der Waals surface area contributed by atoms with Gasteiger partial charge in [-0.05, 0) is 12.1 Å². The summed E-state index contributed by atoms with van der Waals surface area (Å²) in [5.41, 5.74) is 0.932. The standard InChI is InChI=1S/C14H16ClN3O/c1-4-13-16-12(15)9-14(17-13)18(2)10-7-5-6-8-11(10)19-3/h5-9H,4H2,1-3H3. The predicted octanol–water partition coefficient (Wildman–Crippen LogP) is 3.47. The van der Waals surface area contributed by atoms with Gasteiger partial charge in [0.1, 0.15) is 22.5 Å². The fourth-order valence-corrected chi connectivity index (χ4v) is 2.01. The third-order valence-corrected chi connectivity index (χ3v) is 3.03. The van der Waals surface area contributed by atoms with E-state index >= 15 is 0 Å². The molecule has 1 aromatic heterocycles. The van der Waals surface area contributed by atoms with Crippen molar-refractivity contribution in [2.45, 2.75) is 13.3 Å². The maximum absolute atomic E-state index is 6.02. The fraction of sp³-hybridized carbons (Fsp3) is 0.286. The van der Waals surface area contributed by atoms with Crippen LogP contribution in [-0.2, 0) is 6.42 Å². The van der Waals surface area contributed by atoms with E-state index in [-0.39, 0.29) is 0 Å². The number of nitrogens with zero attached hydrogens (tertiary/aromatic N) is 3. The number of hydrogen-bond donors (Lipinski definition) is 0. The summed E-state index contributed by atoms with van der Waals surface area (Å²) < 4.78 is 5.36. The van der Waals surface area contributed by atoms with Crippen molar-refractivity contribution < 1.29 is 4.74 Å². The Morgan fingerprint density at radius 2 is 2.00 bits per heavy atom. The van der Waals surface area contributed by atoms with Crippen molar-refractivity contribution in [1.29, 1.82) is 0 Å². The van der Waals surface area contributed by atoms with E-state index in [2.05, 4.69) is 9.97 Å². The number of aromatic nitrogens is 2. The molecule has 5 heteroatoms. The molecule has 2 aromatic rings. The number of halogens is 1. The molecule has 1 aromatic carbocycles. The highest BCUT2D eigenvalue weighted by atomic mass is 35.5. The number of ether oxygens (including phenoxy) is 1. The minimum absolute atomic E-state index is 0.448. The zero-order chi connectivity index (χ0) is 13.8. The summed E-state index contributed by atoms with van der Waals surface area (Å²) >= 11 is 6.02. The van der Waals surface area contributed by atoms with E-state index in [1.165, 1.54) is 0 Å². The van der Waals surface area contributed by atoms with E-state index in [9.17, 15) is 0 Å². The van der Waals surface area contributed by atoms with Gasteiger partial charge in [0, 0.05) is 19.5 Å². The van der Waals surface area contributed by atoms with Crippen LogP contribution in [0.15, 0.2) is 30.3 Å². The van der Waals surface area contributed by atoms with Gasteiger partial charge in [0.2, 0.25) is 0 Å². The molecule has 0 aliphatic rings. The molecule has 0 saturated heterocycles. The number of hydrogen-bond acceptors (Lipinski definition) is 4. The van der Waals surface area contributed by atoms with Gasteiger partial charge in [-0.15, -0.1) is 0 Å². The van der Waals surface area contributed by atoms with Gasteiger partial charge in [0.25, 0.3) is 0 Å². The Kier molecular flexibility index (Phi) is 4.22. The first kappa shape index (κ1) is 13.6. The first-order chi connectivity index (χ1) is 9.15. The maximum Gasteiger partial charge on any atom is 0.142 e. The quantitative estimate of drug-likeness (QED) is 0.802. The molecule has 0 saturated carbocycles. The van der Waals surface area contributed by atoms with Gasteiger partial charge in [-0.3, -0.25) is 0 Å². The largest absolute Gasteiger partial charge is 0.495 e. The second-order valence-corrected chi connectivity index (χ2v) is 4.44. The molecule has 100 valence electrons. The number of anilines is 2. The zero-order valence-electron chi connectivity index (χ0n) is 11.2. The van der Waals surface area contributed by atoms with E-state index < -0.39 is 0 Å². The molecule has 0 spiro atoms. The molecule has 0 amide bonds. The zero-order valence-corrected chi connectivity index (χ0v) is 12.0. The van der Waals surface area contributed by atoms with Gasteiger partial charge in [0.15, 0.2) is 0 Å². The van der Waals surface area contributed by atoms with E-state index in [1.807, 2.05) is 43.1 Å². The van der Waals surface area contributed by atoms with Gasteiger partial charge in [0.05, 0.1) is 12.8 Å². The van der Waals surface area contributed by atoms with Gasteiger partial charge >= 0.3 is 0 Å². The molecule has 0 aliphatic heterocycles. The van der Waals surface area contributed by atoms with Crippen molar-refractivity contribution in [2.75, 3.05) is 19.1 Å². The summed E-state index contributed by atoms with van der Waals surface area (Å²) in [4.78, 5) is 10.6. The summed E-state index contributed by atoms with van der Waals surface area (Å²) in [7, 11) is 3.58. The normalized spacial score (nSPS) is 10.3. The molecule has 0 aliphatic carbocycles. The molecule has 0 unspecified atom stereocenters. The van der Waals surface area contributed by atoms with Crippen molar-refractivity contribution in [3.05, 3.63) is 41.3 Å². The first-order valence-corrected chi connectivity index (χ1v) is 6.43. The van der Waals surface area contributed by atoms with Crippen LogP contribution in [-0.4, -0.2) is 24.1 Å². The highest BCUT2D eigenvalue weighted by Gasteiger charge is 2.12. The summed E-state index contributed by atoms with van der Waals surface area (Å²) in [6.45, 7) is 2.00. The lowest BCUT2D eigenvalue weighted by Crippen LogP contribution is -2.13. The number of benzene rings is 1. The minimum atomic E-state index is 0.448. The lowest BCUT2D eigenvalue weighted by Gasteiger charge is -2.21. The first-order valence-electron chi connectivity index (χ1n) is 6.06. The smallest absolute Gasteiger partial charge is 0.142 e. The van der Waals surface area contributed by atoms with Crippen LogP contribution >= 0.6 is 11.6 Å². The van der Waals surface area contributed by atoms with Crippen LogP contribution in [0.3, 0.4) is 0 Å². The van der Waals surface area contributed by atoms with E-state index in [1.54, 1.807) is 13.2 Å². The van der Waals surface area contributed by atoms with Crippen LogP contribution < -0.4 is 9.64 Å². The summed E-state index contributed by atoms with van der Waals surface area (Å²) in [6.07, 6.45) is 0.743. The minimum Gasteiger partial charge on any atom is -0.495 e. The average molecular weight is 278 g/mol. The van der Waals surface area contributed by atoms with E-state index in [0.29, 0.717) is 5.15 Å². The third-order valence-electron chi connectivity index (χ3n) is 2.83. The second kappa shape index (κ2) is 5.89. The van der Waals surface area contributed by atoms with Gasteiger partial charge < -0.3 is 9.64 Å². The molecule has 19 heavy (non-hydrogen) atoms. The lowest BCUT2D eigenvalue weighted by molar-refractivity contribution is 0.415. The number of aryl methyl sites for hydroxylation is 1. The highest BCUT2D eigenvalue weighted by molar-refractivity contribution is 6.29. The molecule has 2 rings (SSSR count). The van der Waals surface area contributed by atoms with Gasteiger partial charge in [-0.2, -0.15) is 0 Å². The monoisotopic (exact) mass is 277 g/mol. The van der Waals surface area contributed by atoms with Crippen molar-refractivity contribution in [1.82, 2.24) is 9.97 Å². The molecule has 0 bridgehead atoms. The van der Waals surface area contributed by atoms with Crippen molar-refractivity contribution >= 4 is 23.1 Å². The number of rotatable bonds is 4. The van der Waals surface area contributed by atoms with Crippen LogP contribution in [0.5, 0.6) is 5.75 Å². The molecule has 4 nitrogen and oxygen atoms in total. The highest BCUT2D eigenvalue weighted by Crippen LogP contribution is 2.31. The maximum atomic E-state index is 6.02. The van der Waals surface area contributed by atoms with Crippen LogP contribution in [0.25, 0.3) is 0 Å². The van der Waals surface area contributed by atoms with Gasteiger partial charge in [-0.1, -0.05) is 30.7 Å². The topological polar surface area (TPSA) is 38.2 Å². The summed E-state index contributed by atoms with van der Waals surface area (Å²) in [6, 6.07) is 9.52. The Hall–Kier alpha value is -1.81. The predicted molar refractivity (Wildman–Crippen MR) is 77.5 cm³/mol. The third kappa shape index (κ3) is 2.96. The van der Waals surface area contributed by atoms with E-state index in [4.69, 9.17) is 16.3 Å². The van der Waals surface area contributed by atoms with Crippen LogP contribution in [0.4, 0.5) is 11.5 Å². The molecular formula is C14H16ClN3O.